The van der Waals surface area contributed by atoms with Gasteiger partial charge in [0.15, 0.2) is 0 Å². The molecule has 5 rings (SSSR count). The summed E-state index contributed by atoms with van der Waals surface area (Å²) in [4.78, 5) is 34.6. The van der Waals surface area contributed by atoms with Crippen molar-refractivity contribution in [2.24, 2.45) is 12.8 Å². The average Bonchev–Trinajstić information content (AvgIpc) is 2.98. The van der Waals surface area contributed by atoms with Crippen LogP contribution in [0.4, 0.5) is 5.69 Å². The number of nitrogens with zero attached hydrogens (tertiary/aromatic N) is 4. The number of aromatic nitrogens is 3. The number of hydrogen-bond donors (Lipinski definition) is 2. The summed E-state index contributed by atoms with van der Waals surface area (Å²) in [6, 6.07) is 19.9. The molecule has 0 bridgehead atoms. The lowest BCUT2D eigenvalue weighted by molar-refractivity contribution is -0.141. The van der Waals surface area contributed by atoms with Crippen LogP contribution >= 0.6 is 0 Å². The first-order valence-electron chi connectivity index (χ1n) is 13.0. The highest BCUT2D eigenvalue weighted by molar-refractivity contribution is 7.93. The second-order valence-corrected chi connectivity index (χ2v) is 11.4. The Labute approximate surface area is 241 Å². The van der Waals surface area contributed by atoms with Crippen molar-refractivity contribution in [2.75, 3.05) is 17.5 Å². The number of amidine groups is 1. The smallest absolute Gasteiger partial charge is 0.326 e. The van der Waals surface area contributed by atoms with Crippen LogP contribution in [0.5, 0.6) is 0 Å². The van der Waals surface area contributed by atoms with Crippen molar-refractivity contribution in [2.45, 2.75) is 18.2 Å². The number of fused-ring (bicyclic) bond motifs is 2. The van der Waals surface area contributed by atoms with E-state index < -0.39 is 22.5 Å². The monoisotopic (exact) mass is 584 g/mol. The molecule has 3 N–H and O–H groups in total. The van der Waals surface area contributed by atoms with Crippen molar-refractivity contribution >= 4 is 49.5 Å². The second-order valence-electron chi connectivity index (χ2n) is 9.53. The number of carbonyl (C=O) groups excluding carboxylic acids is 1. The predicted molar refractivity (Wildman–Crippen MR) is 160 cm³/mol. The molecule has 0 unspecified atom stereocenters. The second kappa shape index (κ2) is 11.4. The number of benzene rings is 3. The summed E-state index contributed by atoms with van der Waals surface area (Å²) < 4.78 is 35.7. The Kier molecular flexibility index (Phi) is 7.72. The molecule has 0 aliphatic carbocycles. The van der Waals surface area contributed by atoms with E-state index in [0.29, 0.717) is 22.0 Å². The molecule has 0 saturated carbocycles. The standard InChI is InChI=1S/C30H28N6O5S/c1-3-41-27(37)18-36(42(39,40)26-8-4-6-20-7-5-15-33-28(20)26)22-13-14-25-23(17-22)34-24(30(38)35(25)2)16-19-9-11-21(12-10-19)29(31)32/h4-15,17H,3,16,18H2,1-2H3,(H3,31,32). The molecule has 214 valence electrons. The zero-order chi connectivity index (χ0) is 30.0. The molecule has 0 aliphatic heterocycles. The molecule has 0 amide bonds. The van der Waals surface area contributed by atoms with E-state index in [9.17, 15) is 18.0 Å². The van der Waals surface area contributed by atoms with Crippen LogP contribution < -0.4 is 15.6 Å². The number of aryl methyl sites for hydroxylation is 1. The van der Waals surface area contributed by atoms with Gasteiger partial charge in [-0.3, -0.25) is 24.3 Å². The average molecular weight is 585 g/mol. The Morgan fingerprint density at radius 2 is 1.81 bits per heavy atom. The van der Waals surface area contributed by atoms with Crippen molar-refractivity contribution in [1.29, 1.82) is 5.41 Å². The van der Waals surface area contributed by atoms with E-state index in [-0.39, 0.29) is 46.2 Å². The minimum Gasteiger partial charge on any atom is -0.465 e. The minimum atomic E-state index is -4.30. The highest BCUT2D eigenvalue weighted by Gasteiger charge is 2.30. The molecular weight excluding hydrogens is 556 g/mol. The van der Waals surface area contributed by atoms with E-state index in [4.69, 9.17) is 15.9 Å². The molecule has 42 heavy (non-hydrogen) atoms. The van der Waals surface area contributed by atoms with Gasteiger partial charge in [-0.05, 0) is 42.8 Å². The molecule has 2 aromatic heterocycles. The van der Waals surface area contributed by atoms with Crippen molar-refractivity contribution in [3.05, 3.63) is 106 Å². The molecule has 0 fully saturated rings. The van der Waals surface area contributed by atoms with Crippen molar-refractivity contribution in [3.63, 3.8) is 0 Å². The van der Waals surface area contributed by atoms with Gasteiger partial charge in [0.2, 0.25) is 0 Å². The van der Waals surface area contributed by atoms with Gasteiger partial charge in [-0.2, -0.15) is 0 Å². The largest absolute Gasteiger partial charge is 0.465 e. The number of nitrogen functional groups attached to an aromatic ring is 1. The molecule has 11 nitrogen and oxygen atoms in total. The molecule has 0 radical (unpaired) electrons. The number of esters is 1. The normalized spacial score (nSPS) is 11.5. The van der Waals surface area contributed by atoms with E-state index in [1.54, 1.807) is 68.6 Å². The molecule has 0 aliphatic rings. The van der Waals surface area contributed by atoms with Crippen LogP contribution in [0.1, 0.15) is 23.7 Å². The first-order valence-corrected chi connectivity index (χ1v) is 14.5. The van der Waals surface area contributed by atoms with Crippen LogP contribution in [0.3, 0.4) is 0 Å². The molecule has 3 aromatic carbocycles. The number of nitrogens with two attached hydrogens (primary N) is 1. The van der Waals surface area contributed by atoms with Gasteiger partial charge in [0.1, 0.15) is 23.0 Å². The van der Waals surface area contributed by atoms with Gasteiger partial charge in [0, 0.05) is 30.6 Å². The van der Waals surface area contributed by atoms with Gasteiger partial charge < -0.3 is 15.0 Å². The molecule has 0 spiro atoms. The Balaban J connectivity index is 1.62. The summed E-state index contributed by atoms with van der Waals surface area (Å²) in [6.07, 6.45) is 1.71. The summed E-state index contributed by atoms with van der Waals surface area (Å²) in [5, 5.41) is 8.20. The minimum absolute atomic E-state index is 0.0598. The molecule has 2 heterocycles. The maximum Gasteiger partial charge on any atom is 0.326 e. The van der Waals surface area contributed by atoms with Crippen molar-refractivity contribution in [1.82, 2.24) is 14.5 Å². The lowest BCUT2D eigenvalue weighted by Gasteiger charge is -2.24. The Morgan fingerprint density at radius 3 is 2.52 bits per heavy atom. The maximum absolute atomic E-state index is 14.1. The molecule has 12 heteroatoms. The van der Waals surface area contributed by atoms with Crippen LogP contribution in [0.2, 0.25) is 0 Å². The van der Waals surface area contributed by atoms with Gasteiger partial charge >= 0.3 is 5.97 Å². The number of pyridine rings is 1. The number of para-hydroxylation sites is 1. The third kappa shape index (κ3) is 5.44. The summed E-state index contributed by atoms with van der Waals surface area (Å²) in [6.45, 7) is 1.15. The first kappa shape index (κ1) is 28.4. The van der Waals surface area contributed by atoms with Crippen LogP contribution in [0, 0.1) is 5.41 Å². The third-order valence-corrected chi connectivity index (χ3v) is 8.60. The van der Waals surface area contributed by atoms with Gasteiger partial charge in [-0.15, -0.1) is 0 Å². The summed E-state index contributed by atoms with van der Waals surface area (Å²) in [5.74, 6) is -0.784. The van der Waals surface area contributed by atoms with E-state index in [2.05, 4.69) is 9.97 Å². The lowest BCUT2D eigenvalue weighted by atomic mass is 10.1. The summed E-state index contributed by atoms with van der Waals surface area (Å²) >= 11 is 0. The van der Waals surface area contributed by atoms with Crippen LogP contribution in [0.15, 0.2) is 88.7 Å². The zero-order valence-electron chi connectivity index (χ0n) is 22.9. The van der Waals surface area contributed by atoms with Gasteiger partial charge in [-0.25, -0.2) is 13.4 Å². The maximum atomic E-state index is 14.1. The molecular formula is C30H28N6O5S. The van der Waals surface area contributed by atoms with E-state index in [0.717, 1.165) is 9.87 Å². The first-order chi connectivity index (χ1) is 20.1. The van der Waals surface area contributed by atoms with E-state index in [1.165, 1.54) is 29.0 Å². The Bertz CT molecular complexity index is 2000. The van der Waals surface area contributed by atoms with Gasteiger partial charge in [0.05, 0.1) is 28.8 Å². The molecule has 0 atom stereocenters. The number of ether oxygens (including phenoxy) is 1. The fourth-order valence-corrected chi connectivity index (χ4v) is 6.26. The summed E-state index contributed by atoms with van der Waals surface area (Å²) in [7, 11) is -2.69. The van der Waals surface area contributed by atoms with Crippen LogP contribution in [0.25, 0.3) is 21.9 Å². The zero-order valence-corrected chi connectivity index (χ0v) is 23.8. The van der Waals surface area contributed by atoms with E-state index in [1.807, 2.05) is 0 Å². The lowest BCUT2D eigenvalue weighted by Crippen LogP contribution is -2.37. The number of sulfonamides is 1. The third-order valence-electron chi connectivity index (χ3n) is 6.79. The predicted octanol–water partition coefficient (Wildman–Crippen LogP) is 3.11. The Hall–Kier alpha value is -5.10. The molecule has 0 saturated heterocycles. The van der Waals surface area contributed by atoms with Gasteiger partial charge in [-0.1, -0.05) is 42.5 Å². The fourth-order valence-electron chi connectivity index (χ4n) is 4.69. The number of rotatable bonds is 9. The van der Waals surface area contributed by atoms with Crippen LogP contribution in [-0.2, 0) is 33.0 Å². The van der Waals surface area contributed by atoms with E-state index >= 15 is 0 Å². The highest BCUT2D eigenvalue weighted by atomic mass is 32.2. The Morgan fingerprint density at radius 1 is 1.07 bits per heavy atom. The van der Waals surface area contributed by atoms with Crippen LogP contribution in [-0.4, -0.2) is 47.9 Å². The number of hydrogen-bond acceptors (Lipinski definition) is 8. The van der Waals surface area contributed by atoms with Crippen molar-refractivity contribution < 1.29 is 17.9 Å². The summed E-state index contributed by atoms with van der Waals surface area (Å²) in [5.41, 5.74) is 8.13. The fraction of sp³-hybridized carbons (Fsp3) is 0.167. The molecule has 5 aromatic rings. The quantitative estimate of drug-likeness (QED) is 0.152. The van der Waals surface area contributed by atoms with Gasteiger partial charge in [0.25, 0.3) is 15.6 Å². The topological polar surface area (TPSA) is 161 Å². The van der Waals surface area contributed by atoms with Crippen molar-refractivity contribution in [3.8, 4) is 0 Å². The number of anilines is 1. The SMILES string of the molecule is CCOC(=O)CN(c1ccc2c(c1)nc(Cc1ccc(C(=N)N)cc1)c(=O)n2C)S(=O)(=O)c1cccc2cccnc12. The number of nitrogens with one attached hydrogen (secondary N) is 1. The highest BCUT2D eigenvalue weighted by Crippen LogP contribution is 2.30. The number of carbonyl (C=O) groups is 1.